The van der Waals surface area contributed by atoms with Crippen LogP contribution in [-0.2, 0) is 16.0 Å². The van der Waals surface area contributed by atoms with Gasteiger partial charge in [-0.25, -0.2) is 0 Å². The lowest BCUT2D eigenvalue weighted by Crippen LogP contribution is -2.32. The summed E-state index contributed by atoms with van der Waals surface area (Å²) in [6.45, 7) is 10.7. The van der Waals surface area contributed by atoms with Gasteiger partial charge in [0.2, 0.25) is 0 Å². The molecule has 1 aliphatic carbocycles. The van der Waals surface area contributed by atoms with E-state index in [-0.39, 0.29) is 11.7 Å². The molecule has 1 aromatic carbocycles. The van der Waals surface area contributed by atoms with E-state index in [1.165, 1.54) is 0 Å². The molecule has 0 aromatic heterocycles. The minimum atomic E-state index is -0.394. The Bertz CT molecular complexity index is 759. The van der Waals surface area contributed by atoms with Crippen molar-refractivity contribution >= 4 is 5.78 Å². The highest BCUT2D eigenvalue weighted by Gasteiger charge is 2.37. The molecular weight excluding hydrogens is 356 g/mol. The van der Waals surface area contributed by atoms with Gasteiger partial charge in [-0.05, 0) is 25.3 Å². The molecule has 0 saturated carbocycles. The average Bonchev–Trinajstić information content (AvgIpc) is 2.66. The maximum Gasteiger partial charge on any atom is 0.168 e. The van der Waals surface area contributed by atoms with E-state index in [1.54, 1.807) is 21.3 Å². The highest BCUT2D eigenvalue weighted by Crippen LogP contribution is 2.46. The van der Waals surface area contributed by atoms with Crippen molar-refractivity contribution in [2.24, 2.45) is 5.41 Å². The molecule has 0 unspecified atom stereocenters. The van der Waals surface area contributed by atoms with E-state index in [1.807, 2.05) is 26.8 Å². The van der Waals surface area contributed by atoms with Gasteiger partial charge in [0, 0.05) is 35.0 Å². The first-order valence-electron chi connectivity index (χ1n) is 9.93. The lowest BCUT2D eigenvalue weighted by atomic mass is 9.74. The van der Waals surface area contributed by atoms with E-state index in [0.29, 0.717) is 24.5 Å². The van der Waals surface area contributed by atoms with Crippen LogP contribution in [0.25, 0.3) is 0 Å². The number of carbonyl (C=O) groups is 1. The Morgan fingerprint density at radius 3 is 2.21 bits per heavy atom. The molecule has 1 aromatic rings. The summed E-state index contributed by atoms with van der Waals surface area (Å²) in [5, 5.41) is 0. The SMILES string of the molecule is CCOC1=C(Cc2cc(OC)c(C(C)C)c(OC)c2OC)C(=O)C(C)(C)CC1. The number of methoxy groups -OCH3 is 3. The third-order valence-electron chi connectivity index (χ3n) is 5.41. The Morgan fingerprint density at radius 2 is 1.71 bits per heavy atom. The quantitative estimate of drug-likeness (QED) is 0.621. The summed E-state index contributed by atoms with van der Waals surface area (Å²) in [5.74, 6) is 3.17. The number of carbonyl (C=O) groups excluding carboxylic acids is 1. The van der Waals surface area contributed by atoms with Gasteiger partial charge in [0.05, 0.1) is 27.9 Å². The number of benzene rings is 1. The minimum absolute atomic E-state index is 0.134. The fraction of sp³-hybridized carbons (Fsp3) is 0.609. The Labute approximate surface area is 169 Å². The maximum atomic E-state index is 13.2. The van der Waals surface area contributed by atoms with Crippen LogP contribution in [0.1, 0.15) is 64.5 Å². The van der Waals surface area contributed by atoms with Crippen LogP contribution in [0.4, 0.5) is 0 Å². The van der Waals surface area contributed by atoms with Gasteiger partial charge in [-0.1, -0.05) is 27.7 Å². The Kier molecular flexibility index (Phi) is 7.02. The fourth-order valence-corrected chi connectivity index (χ4v) is 3.88. The van der Waals surface area contributed by atoms with Crippen molar-refractivity contribution < 1.29 is 23.7 Å². The van der Waals surface area contributed by atoms with Gasteiger partial charge in [-0.15, -0.1) is 0 Å². The Hall–Kier alpha value is -2.17. The first-order valence-corrected chi connectivity index (χ1v) is 9.93. The molecule has 0 amide bonds. The second-order valence-corrected chi connectivity index (χ2v) is 8.10. The lowest BCUT2D eigenvalue weighted by Gasteiger charge is -2.32. The zero-order valence-electron chi connectivity index (χ0n) is 18.5. The second kappa shape index (κ2) is 8.89. The molecule has 0 aliphatic heterocycles. The number of ketones is 1. The summed E-state index contributed by atoms with van der Waals surface area (Å²) >= 11 is 0. The maximum absolute atomic E-state index is 13.2. The molecule has 2 rings (SSSR count). The lowest BCUT2D eigenvalue weighted by molar-refractivity contribution is -0.124. The number of ether oxygens (including phenoxy) is 4. The molecule has 0 bridgehead atoms. The van der Waals surface area contributed by atoms with Gasteiger partial charge < -0.3 is 18.9 Å². The van der Waals surface area contributed by atoms with Gasteiger partial charge in [-0.3, -0.25) is 4.79 Å². The normalized spacial score (nSPS) is 16.4. The molecule has 5 nitrogen and oxygen atoms in total. The number of hydrogen-bond acceptors (Lipinski definition) is 5. The van der Waals surface area contributed by atoms with Crippen molar-refractivity contribution in [3.05, 3.63) is 28.5 Å². The van der Waals surface area contributed by atoms with Crippen molar-refractivity contribution in [1.29, 1.82) is 0 Å². The molecule has 0 N–H and O–H groups in total. The first-order chi connectivity index (χ1) is 13.2. The molecule has 1 aliphatic rings. The van der Waals surface area contributed by atoms with Crippen molar-refractivity contribution in [2.45, 2.75) is 59.8 Å². The number of hydrogen-bond donors (Lipinski definition) is 0. The summed E-state index contributed by atoms with van der Waals surface area (Å²) in [6, 6.07) is 1.96. The Balaban J connectivity index is 2.65. The molecule has 0 spiro atoms. The minimum Gasteiger partial charge on any atom is -0.498 e. The van der Waals surface area contributed by atoms with Gasteiger partial charge in [0.15, 0.2) is 17.3 Å². The van der Waals surface area contributed by atoms with Crippen LogP contribution >= 0.6 is 0 Å². The van der Waals surface area contributed by atoms with Gasteiger partial charge >= 0.3 is 0 Å². The average molecular weight is 391 g/mol. The molecule has 5 heteroatoms. The molecular formula is C23H34O5. The highest BCUT2D eigenvalue weighted by atomic mass is 16.5. The molecule has 0 radical (unpaired) electrons. The van der Waals surface area contributed by atoms with Crippen molar-refractivity contribution in [3.63, 3.8) is 0 Å². The molecule has 0 saturated heterocycles. The van der Waals surface area contributed by atoms with Crippen LogP contribution in [0.5, 0.6) is 17.2 Å². The van der Waals surface area contributed by atoms with Crippen molar-refractivity contribution in [3.8, 4) is 17.2 Å². The van der Waals surface area contributed by atoms with Crippen LogP contribution in [0.15, 0.2) is 17.4 Å². The van der Waals surface area contributed by atoms with E-state index in [9.17, 15) is 4.79 Å². The second-order valence-electron chi connectivity index (χ2n) is 8.10. The third kappa shape index (κ3) is 4.13. The molecule has 0 fully saturated rings. The van der Waals surface area contributed by atoms with Gasteiger partial charge in [0.1, 0.15) is 11.5 Å². The Morgan fingerprint density at radius 1 is 1.07 bits per heavy atom. The van der Waals surface area contributed by atoms with E-state index in [2.05, 4.69) is 13.8 Å². The van der Waals surface area contributed by atoms with Gasteiger partial charge in [-0.2, -0.15) is 0 Å². The first kappa shape index (κ1) is 22.1. The van der Waals surface area contributed by atoms with Crippen LogP contribution in [0.2, 0.25) is 0 Å². The third-order valence-corrected chi connectivity index (χ3v) is 5.41. The van der Waals surface area contributed by atoms with Crippen molar-refractivity contribution in [1.82, 2.24) is 0 Å². The molecule has 0 atom stereocenters. The zero-order valence-corrected chi connectivity index (χ0v) is 18.5. The number of rotatable bonds is 8. The predicted molar refractivity (Wildman–Crippen MR) is 111 cm³/mol. The highest BCUT2D eigenvalue weighted by molar-refractivity contribution is 6.01. The fourth-order valence-electron chi connectivity index (χ4n) is 3.88. The topological polar surface area (TPSA) is 54.0 Å². The summed E-state index contributed by atoms with van der Waals surface area (Å²) < 4.78 is 22.9. The van der Waals surface area contributed by atoms with Crippen LogP contribution in [0, 0.1) is 5.41 Å². The van der Waals surface area contributed by atoms with E-state index in [4.69, 9.17) is 18.9 Å². The number of Topliss-reactive ketones (excluding diaryl/α,β-unsaturated/α-hetero) is 1. The van der Waals surface area contributed by atoms with Crippen LogP contribution in [0.3, 0.4) is 0 Å². The smallest absolute Gasteiger partial charge is 0.168 e. The largest absolute Gasteiger partial charge is 0.498 e. The molecule has 28 heavy (non-hydrogen) atoms. The summed E-state index contributed by atoms with van der Waals surface area (Å²) in [5.41, 5.74) is 2.14. The van der Waals surface area contributed by atoms with Crippen LogP contribution in [-0.4, -0.2) is 33.7 Å². The summed E-state index contributed by atoms with van der Waals surface area (Å²) in [4.78, 5) is 13.2. The van der Waals surface area contributed by atoms with Crippen LogP contribution < -0.4 is 14.2 Å². The monoisotopic (exact) mass is 390 g/mol. The summed E-state index contributed by atoms with van der Waals surface area (Å²) in [7, 11) is 4.91. The zero-order chi connectivity index (χ0) is 21.1. The van der Waals surface area contributed by atoms with Gasteiger partial charge in [0.25, 0.3) is 0 Å². The number of allylic oxidation sites excluding steroid dienone is 2. The molecule has 156 valence electrons. The van der Waals surface area contributed by atoms with E-state index in [0.717, 1.165) is 41.1 Å². The predicted octanol–water partition coefficient (Wildman–Crippen LogP) is 5.06. The molecule has 0 heterocycles. The standard InChI is InChI=1S/C23H34O5/c1-9-28-17-10-11-23(4,5)22(24)16(17)12-15-13-18(25-6)19(14(2)3)21(27-8)20(15)26-7/h13-14H,9-12H2,1-8H3. The summed E-state index contributed by atoms with van der Waals surface area (Å²) in [6.07, 6.45) is 1.98. The van der Waals surface area contributed by atoms with E-state index < -0.39 is 5.41 Å². The van der Waals surface area contributed by atoms with E-state index >= 15 is 0 Å². The van der Waals surface area contributed by atoms with Crippen molar-refractivity contribution in [2.75, 3.05) is 27.9 Å².